The van der Waals surface area contributed by atoms with Crippen LogP contribution < -0.4 is 4.74 Å². The molecule has 0 fully saturated rings. The number of rotatable bonds is 9. The van der Waals surface area contributed by atoms with Gasteiger partial charge in [-0.05, 0) is 24.3 Å². The van der Waals surface area contributed by atoms with Gasteiger partial charge in [-0.15, -0.1) is 0 Å². The van der Waals surface area contributed by atoms with Crippen molar-refractivity contribution in [2.75, 3.05) is 33.9 Å². The van der Waals surface area contributed by atoms with Crippen LogP contribution in [0.2, 0.25) is 0 Å². The number of carbonyl (C=O) groups is 2. The summed E-state index contributed by atoms with van der Waals surface area (Å²) in [6, 6.07) is 18.4. The number of methoxy groups -OCH3 is 2. The van der Waals surface area contributed by atoms with Crippen LogP contribution in [0.25, 0.3) is 0 Å². The molecule has 0 saturated heterocycles. The van der Waals surface area contributed by atoms with Gasteiger partial charge in [-0.2, -0.15) is 5.10 Å². The number of hydrogen-bond donors (Lipinski definition) is 0. The van der Waals surface area contributed by atoms with Crippen LogP contribution in [0.5, 0.6) is 5.75 Å². The third-order valence-electron chi connectivity index (χ3n) is 6.13. The zero-order valence-electron chi connectivity index (χ0n) is 20.6. The Morgan fingerprint density at radius 1 is 0.973 bits per heavy atom. The molecule has 0 saturated carbocycles. The van der Waals surface area contributed by atoms with Crippen LogP contribution in [0, 0.1) is 11.6 Å². The van der Waals surface area contributed by atoms with E-state index in [0.29, 0.717) is 17.0 Å². The van der Waals surface area contributed by atoms with E-state index in [-0.39, 0.29) is 37.2 Å². The summed E-state index contributed by atoms with van der Waals surface area (Å²) in [6.07, 6.45) is 0.242. The summed E-state index contributed by atoms with van der Waals surface area (Å²) < 4.78 is 39.6. The zero-order valence-corrected chi connectivity index (χ0v) is 20.6. The van der Waals surface area contributed by atoms with Gasteiger partial charge in [0.15, 0.2) is 0 Å². The normalized spacial score (nSPS) is 14.9. The van der Waals surface area contributed by atoms with Crippen molar-refractivity contribution >= 4 is 17.5 Å². The highest BCUT2D eigenvalue weighted by atomic mass is 19.1. The fourth-order valence-electron chi connectivity index (χ4n) is 4.28. The zero-order chi connectivity index (χ0) is 26.4. The molecule has 0 aliphatic carbocycles. The van der Waals surface area contributed by atoms with Crippen LogP contribution in [0.15, 0.2) is 77.9 Å². The van der Waals surface area contributed by atoms with E-state index in [1.54, 1.807) is 30.3 Å². The predicted molar refractivity (Wildman–Crippen MR) is 134 cm³/mol. The Morgan fingerprint density at radius 3 is 2.35 bits per heavy atom. The van der Waals surface area contributed by atoms with Gasteiger partial charge in [-0.3, -0.25) is 9.59 Å². The van der Waals surface area contributed by atoms with Crippen LogP contribution in [0.3, 0.4) is 0 Å². The number of benzene rings is 3. The summed E-state index contributed by atoms with van der Waals surface area (Å²) in [5.74, 6) is -1.74. The molecule has 0 N–H and O–H groups in total. The van der Waals surface area contributed by atoms with Crippen LogP contribution in [0.4, 0.5) is 8.78 Å². The van der Waals surface area contributed by atoms with Gasteiger partial charge in [-0.25, -0.2) is 13.8 Å². The maximum atomic E-state index is 14.6. The van der Waals surface area contributed by atoms with E-state index in [2.05, 4.69) is 5.10 Å². The van der Waals surface area contributed by atoms with Gasteiger partial charge in [0.25, 0.3) is 11.8 Å². The van der Waals surface area contributed by atoms with Crippen molar-refractivity contribution in [3.05, 3.63) is 101 Å². The van der Waals surface area contributed by atoms with Crippen molar-refractivity contribution < 1.29 is 27.8 Å². The number of para-hydroxylation sites is 1. The smallest absolute Gasteiger partial charge is 0.262 e. The van der Waals surface area contributed by atoms with E-state index in [9.17, 15) is 18.4 Å². The first-order chi connectivity index (χ1) is 17.9. The van der Waals surface area contributed by atoms with E-state index >= 15 is 0 Å². The molecule has 0 aromatic heterocycles. The van der Waals surface area contributed by atoms with Gasteiger partial charge < -0.3 is 14.4 Å². The van der Waals surface area contributed by atoms with E-state index in [1.165, 1.54) is 48.4 Å². The SMILES string of the molecule is COCCN(CC(=O)N1N=C(c2ccccc2F)C[C@H]1c1ccccc1OC)C(=O)c1ccccc1F. The minimum absolute atomic E-state index is 0.0620. The average molecular weight is 508 g/mol. The molecule has 0 unspecified atom stereocenters. The minimum Gasteiger partial charge on any atom is -0.496 e. The Bertz CT molecular complexity index is 1310. The molecule has 7 nitrogen and oxygen atoms in total. The molecular weight excluding hydrogens is 480 g/mol. The Kier molecular flexibility index (Phi) is 8.25. The van der Waals surface area contributed by atoms with Crippen molar-refractivity contribution in [2.24, 2.45) is 5.10 Å². The van der Waals surface area contributed by atoms with Crippen molar-refractivity contribution in [3.63, 3.8) is 0 Å². The summed E-state index contributed by atoms with van der Waals surface area (Å²) >= 11 is 0. The molecule has 1 atom stereocenters. The van der Waals surface area contributed by atoms with E-state index in [1.807, 2.05) is 18.2 Å². The highest BCUT2D eigenvalue weighted by Crippen LogP contribution is 2.37. The average Bonchev–Trinajstić information content (AvgIpc) is 3.36. The summed E-state index contributed by atoms with van der Waals surface area (Å²) in [5.41, 5.74) is 1.23. The van der Waals surface area contributed by atoms with Crippen molar-refractivity contribution in [2.45, 2.75) is 12.5 Å². The molecule has 192 valence electrons. The van der Waals surface area contributed by atoms with E-state index < -0.39 is 29.5 Å². The molecular formula is C28H27F2N3O4. The summed E-state index contributed by atoms with van der Waals surface area (Å²) in [5, 5.41) is 5.75. The fraction of sp³-hybridized carbons (Fsp3) is 0.250. The molecule has 0 radical (unpaired) electrons. The van der Waals surface area contributed by atoms with Gasteiger partial charge in [0, 0.05) is 31.2 Å². The number of hydrazone groups is 1. The lowest BCUT2D eigenvalue weighted by molar-refractivity contribution is -0.133. The molecule has 3 aromatic rings. The molecule has 1 aliphatic heterocycles. The lowest BCUT2D eigenvalue weighted by atomic mass is 9.97. The Labute approximate surface area is 213 Å². The standard InChI is InChI=1S/C28H27F2N3O4/c1-36-16-15-32(28(35)20-10-4-7-13-23(20)30)18-27(34)33-25(21-11-5-8-14-26(21)37-2)17-24(31-33)19-9-3-6-12-22(19)29/h3-14,25H,15-18H2,1-2H3/t25-/m0/s1. The lowest BCUT2D eigenvalue weighted by Crippen LogP contribution is -2.43. The minimum atomic E-state index is -0.685. The first kappa shape index (κ1) is 26.0. The second-order valence-corrected chi connectivity index (χ2v) is 8.43. The van der Waals surface area contributed by atoms with Gasteiger partial charge in [0.1, 0.15) is 23.9 Å². The monoisotopic (exact) mass is 507 g/mol. The first-order valence-corrected chi connectivity index (χ1v) is 11.7. The third kappa shape index (κ3) is 5.67. The summed E-state index contributed by atoms with van der Waals surface area (Å²) in [7, 11) is 2.99. The number of hydrogen-bond acceptors (Lipinski definition) is 5. The van der Waals surface area contributed by atoms with E-state index in [0.717, 1.165) is 0 Å². The van der Waals surface area contributed by atoms with Crippen molar-refractivity contribution in [1.82, 2.24) is 9.91 Å². The number of ether oxygens (including phenoxy) is 2. The molecule has 9 heteroatoms. The first-order valence-electron chi connectivity index (χ1n) is 11.7. The van der Waals surface area contributed by atoms with Gasteiger partial charge >= 0.3 is 0 Å². The summed E-state index contributed by atoms with van der Waals surface area (Å²) in [6.45, 7) is -0.171. The van der Waals surface area contributed by atoms with Crippen LogP contribution in [-0.4, -0.2) is 61.4 Å². The van der Waals surface area contributed by atoms with Crippen LogP contribution in [-0.2, 0) is 9.53 Å². The second-order valence-electron chi connectivity index (χ2n) is 8.43. The highest BCUT2D eigenvalue weighted by molar-refractivity contribution is 6.04. The topological polar surface area (TPSA) is 71.4 Å². The second kappa shape index (κ2) is 11.7. The Hall–Kier alpha value is -4.11. The number of carbonyl (C=O) groups excluding carboxylic acids is 2. The summed E-state index contributed by atoms with van der Waals surface area (Å²) in [4.78, 5) is 28.0. The quantitative estimate of drug-likeness (QED) is 0.429. The Morgan fingerprint density at radius 2 is 1.65 bits per heavy atom. The molecule has 2 amide bonds. The van der Waals surface area contributed by atoms with Crippen LogP contribution >= 0.6 is 0 Å². The largest absolute Gasteiger partial charge is 0.496 e. The maximum absolute atomic E-state index is 14.6. The molecule has 0 spiro atoms. The lowest BCUT2D eigenvalue weighted by Gasteiger charge is -2.27. The molecule has 0 bridgehead atoms. The van der Waals surface area contributed by atoms with Gasteiger partial charge in [-0.1, -0.05) is 48.5 Å². The van der Waals surface area contributed by atoms with E-state index in [4.69, 9.17) is 9.47 Å². The molecule has 37 heavy (non-hydrogen) atoms. The number of nitrogens with zero attached hydrogens (tertiary/aromatic N) is 3. The fourth-order valence-corrected chi connectivity index (χ4v) is 4.28. The van der Waals surface area contributed by atoms with Crippen molar-refractivity contribution in [1.29, 1.82) is 0 Å². The molecule has 1 aliphatic rings. The Balaban J connectivity index is 1.68. The predicted octanol–water partition coefficient (Wildman–Crippen LogP) is 4.44. The van der Waals surface area contributed by atoms with Gasteiger partial charge in [0.05, 0.1) is 31.0 Å². The maximum Gasteiger partial charge on any atom is 0.262 e. The third-order valence-corrected chi connectivity index (χ3v) is 6.13. The van der Waals surface area contributed by atoms with Crippen molar-refractivity contribution in [3.8, 4) is 5.75 Å². The molecule has 3 aromatic carbocycles. The highest BCUT2D eigenvalue weighted by Gasteiger charge is 2.36. The molecule has 1 heterocycles. The molecule has 4 rings (SSSR count). The number of halogens is 2. The van der Waals surface area contributed by atoms with Gasteiger partial charge in [0.2, 0.25) is 0 Å². The number of amides is 2. The van der Waals surface area contributed by atoms with Crippen LogP contribution in [0.1, 0.15) is 33.9 Å².